The van der Waals surface area contributed by atoms with Gasteiger partial charge in [0.1, 0.15) is 17.1 Å². The van der Waals surface area contributed by atoms with Gasteiger partial charge in [0.25, 0.3) is 5.91 Å². The van der Waals surface area contributed by atoms with Crippen LogP contribution in [0.2, 0.25) is 0 Å². The van der Waals surface area contributed by atoms with Crippen LogP contribution in [0, 0.1) is 13.8 Å². The average molecular weight is 315 g/mol. The molecule has 3 rings (SSSR count). The van der Waals surface area contributed by atoms with Crippen LogP contribution in [0.25, 0.3) is 0 Å². The van der Waals surface area contributed by atoms with Crippen LogP contribution in [0.4, 0.5) is 0 Å². The van der Waals surface area contributed by atoms with Gasteiger partial charge in [0, 0.05) is 25.4 Å². The zero-order chi connectivity index (χ0) is 16.3. The van der Waals surface area contributed by atoms with Crippen LogP contribution in [0.3, 0.4) is 0 Å². The minimum atomic E-state index is -0.590. The van der Waals surface area contributed by atoms with Gasteiger partial charge in [-0.1, -0.05) is 6.07 Å². The first-order valence-electron chi connectivity index (χ1n) is 7.68. The van der Waals surface area contributed by atoms with Crippen LogP contribution in [-0.2, 0) is 15.1 Å². The zero-order valence-corrected chi connectivity index (χ0v) is 13.4. The Balaban J connectivity index is 1.63. The molecule has 0 saturated carbocycles. The van der Waals surface area contributed by atoms with Crippen molar-refractivity contribution >= 4 is 5.91 Å². The van der Waals surface area contributed by atoms with Gasteiger partial charge < -0.3 is 19.8 Å². The van der Waals surface area contributed by atoms with Crippen molar-refractivity contribution in [1.82, 2.24) is 15.3 Å². The summed E-state index contributed by atoms with van der Waals surface area (Å²) in [6.07, 6.45) is 4.11. The Morgan fingerprint density at radius 3 is 2.96 bits per heavy atom. The number of aromatic amines is 1. The molecule has 1 amide bonds. The van der Waals surface area contributed by atoms with Crippen molar-refractivity contribution in [2.24, 2.45) is 0 Å². The number of ether oxygens (including phenoxy) is 2. The van der Waals surface area contributed by atoms with Crippen LogP contribution >= 0.6 is 0 Å². The number of carbonyl (C=O) groups is 1. The predicted octanol–water partition coefficient (Wildman–Crippen LogP) is 1.84. The van der Waals surface area contributed by atoms with E-state index in [4.69, 9.17) is 9.47 Å². The third-order valence-electron chi connectivity index (χ3n) is 4.20. The van der Waals surface area contributed by atoms with E-state index >= 15 is 0 Å². The molecule has 1 aliphatic rings. The molecule has 2 aromatic rings. The van der Waals surface area contributed by atoms with E-state index in [1.54, 1.807) is 12.4 Å². The number of rotatable bonds is 5. The second kappa shape index (κ2) is 6.42. The van der Waals surface area contributed by atoms with Gasteiger partial charge in [0.15, 0.2) is 6.61 Å². The standard InChI is InChI=1S/C17H21N3O3/c1-12-3-4-14(9-13(12)2)23-10-15(21)20-17(5-8-22-11-17)16-18-6-7-19-16/h3-4,6-7,9H,5,8,10-11H2,1-2H3,(H,18,19)(H,20,21). The molecule has 2 N–H and O–H groups in total. The summed E-state index contributed by atoms with van der Waals surface area (Å²) in [4.78, 5) is 19.6. The maximum atomic E-state index is 12.3. The number of H-pyrrole nitrogens is 1. The first-order valence-corrected chi connectivity index (χ1v) is 7.68. The minimum Gasteiger partial charge on any atom is -0.484 e. The van der Waals surface area contributed by atoms with E-state index in [1.165, 1.54) is 5.56 Å². The highest BCUT2D eigenvalue weighted by Gasteiger charge is 2.40. The monoisotopic (exact) mass is 315 g/mol. The SMILES string of the molecule is Cc1ccc(OCC(=O)NC2(c3ncc[nH]3)CCOC2)cc1C. The quantitative estimate of drug-likeness (QED) is 0.883. The summed E-state index contributed by atoms with van der Waals surface area (Å²) in [6, 6.07) is 5.79. The van der Waals surface area contributed by atoms with Crippen molar-refractivity contribution in [2.45, 2.75) is 25.8 Å². The molecule has 1 fully saturated rings. The average Bonchev–Trinajstić information content (AvgIpc) is 3.20. The number of nitrogens with one attached hydrogen (secondary N) is 2. The second-order valence-corrected chi connectivity index (χ2v) is 5.91. The normalized spacial score (nSPS) is 20.4. The van der Waals surface area contributed by atoms with Gasteiger partial charge in [-0.25, -0.2) is 4.98 Å². The van der Waals surface area contributed by atoms with E-state index in [0.717, 1.165) is 11.4 Å². The number of amides is 1. The van der Waals surface area contributed by atoms with E-state index in [9.17, 15) is 4.79 Å². The molecule has 1 aromatic carbocycles. The van der Waals surface area contributed by atoms with Crippen molar-refractivity contribution in [3.05, 3.63) is 47.5 Å². The molecule has 6 nitrogen and oxygen atoms in total. The Labute approximate surface area is 135 Å². The number of benzene rings is 1. The molecule has 23 heavy (non-hydrogen) atoms. The lowest BCUT2D eigenvalue weighted by molar-refractivity contribution is -0.125. The molecule has 1 atom stereocenters. The molecule has 122 valence electrons. The number of nitrogens with zero attached hydrogens (tertiary/aromatic N) is 1. The van der Waals surface area contributed by atoms with Crippen LogP contribution in [0.5, 0.6) is 5.75 Å². The molecule has 1 aromatic heterocycles. The van der Waals surface area contributed by atoms with Crippen LogP contribution in [0.15, 0.2) is 30.6 Å². The van der Waals surface area contributed by atoms with Crippen LogP contribution < -0.4 is 10.1 Å². The van der Waals surface area contributed by atoms with Gasteiger partial charge >= 0.3 is 0 Å². The Hall–Kier alpha value is -2.34. The maximum absolute atomic E-state index is 12.3. The van der Waals surface area contributed by atoms with Gasteiger partial charge in [-0.2, -0.15) is 0 Å². The highest BCUT2D eigenvalue weighted by Crippen LogP contribution is 2.27. The largest absolute Gasteiger partial charge is 0.484 e. The lowest BCUT2D eigenvalue weighted by Crippen LogP contribution is -2.48. The number of aryl methyl sites for hydroxylation is 2. The minimum absolute atomic E-state index is 0.0367. The summed E-state index contributed by atoms with van der Waals surface area (Å²) in [7, 11) is 0. The summed E-state index contributed by atoms with van der Waals surface area (Å²) in [5.74, 6) is 1.22. The lowest BCUT2D eigenvalue weighted by atomic mass is 9.97. The Bertz CT molecular complexity index is 676. The molecule has 6 heteroatoms. The fourth-order valence-electron chi connectivity index (χ4n) is 2.69. The number of imidazole rings is 1. The van der Waals surface area contributed by atoms with Crippen molar-refractivity contribution in [2.75, 3.05) is 19.8 Å². The molecule has 0 spiro atoms. The molecule has 0 aliphatic carbocycles. The van der Waals surface area contributed by atoms with Gasteiger partial charge in [-0.15, -0.1) is 0 Å². The molecule has 2 heterocycles. The molecule has 0 radical (unpaired) electrons. The van der Waals surface area contributed by atoms with Crippen molar-refractivity contribution in [3.8, 4) is 5.75 Å². The Kier molecular flexibility index (Phi) is 4.34. The molecular formula is C17H21N3O3. The highest BCUT2D eigenvalue weighted by atomic mass is 16.5. The van der Waals surface area contributed by atoms with E-state index in [0.29, 0.717) is 25.4 Å². The Morgan fingerprint density at radius 1 is 1.43 bits per heavy atom. The number of hydrogen-bond donors (Lipinski definition) is 2. The first kappa shape index (κ1) is 15.6. The molecule has 1 saturated heterocycles. The summed E-state index contributed by atoms with van der Waals surface area (Å²) in [5.41, 5.74) is 1.74. The fourth-order valence-corrected chi connectivity index (χ4v) is 2.69. The van der Waals surface area contributed by atoms with Gasteiger partial charge in [-0.05, 0) is 37.1 Å². The maximum Gasteiger partial charge on any atom is 0.258 e. The smallest absolute Gasteiger partial charge is 0.258 e. The highest BCUT2D eigenvalue weighted by molar-refractivity contribution is 5.78. The second-order valence-electron chi connectivity index (χ2n) is 5.91. The Morgan fingerprint density at radius 2 is 2.30 bits per heavy atom. The van der Waals surface area contributed by atoms with E-state index in [2.05, 4.69) is 15.3 Å². The van der Waals surface area contributed by atoms with Crippen molar-refractivity contribution < 1.29 is 14.3 Å². The summed E-state index contributed by atoms with van der Waals surface area (Å²) >= 11 is 0. The number of carbonyl (C=O) groups excluding carboxylic acids is 1. The van der Waals surface area contributed by atoms with E-state index in [1.807, 2.05) is 32.0 Å². The zero-order valence-electron chi connectivity index (χ0n) is 13.4. The molecular weight excluding hydrogens is 294 g/mol. The predicted molar refractivity (Wildman–Crippen MR) is 85.3 cm³/mol. The van der Waals surface area contributed by atoms with E-state index in [-0.39, 0.29) is 12.5 Å². The van der Waals surface area contributed by atoms with Gasteiger partial charge in [0.2, 0.25) is 0 Å². The molecule has 0 bridgehead atoms. The first-order chi connectivity index (χ1) is 11.1. The summed E-state index contributed by atoms with van der Waals surface area (Å²) < 4.78 is 11.1. The van der Waals surface area contributed by atoms with Gasteiger partial charge in [0.05, 0.1) is 6.61 Å². The fraction of sp³-hybridized carbons (Fsp3) is 0.412. The lowest BCUT2D eigenvalue weighted by Gasteiger charge is -2.26. The third-order valence-corrected chi connectivity index (χ3v) is 4.20. The number of aromatic nitrogens is 2. The van der Waals surface area contributed by atoms with Gasteiger partial charge in [-0.3, -0.25) is 4.79 Å². The van der Waals surface area contributed by atoms with Crippen LogP contribution in [0.1, 0.15) is 23.4 Å². The molecule has 1 aliphatic heterocycles. The summed E-state index contributed by atoms with van der Waals surface area (Å²) in [6.45, 7) is 5.03. The van der Waals surface area contributed by atoms with Crippen LogP contribution in [-0.4, -0.2) is 35.7 Å². The summed E-state index contributed by atoms with van der Waals surface area (Å²) in [5, 5.41) is 3.01. The third kappa shape index (κ3) is 3.37. The van der Waals surface area contributed by atoms with Crippen molar-refractivity contribution in [1.29, 1.82) is 0 Å². The topological polar surface area (TPSA) is 76.2 Å². The van der Waals surface area contributed by atoms with E-state index < -0.39 is 5.54 Å². The molecule has 1 unspecified atom stereocenters. The van der Waals surface area contributed by atoms with Crippen molar-refractivity contribution in [3.63, 3.8) is 0 Å². The number of hydrogen-bond acceptors (Lipinski definition) is 4.